The Bertz CT molecular complexity index is 704. The summed E-state index contributed by atoms with van der Waals surface area (Å²) in [5.41, 5.74) is 1.56. The fourth-order valence-corrected chi connectivity index (χ4v) is 3.74. The number of carbonyl (C=O) groups excluding carboxylic acids is 2. The molecule has 0 saturated heterocycles. The van der Waals surface area contributed by atoms with Crippen LogP contribution in [-0.2, 0) is 4.79 Å². The standard InChI is InChI=1S/C16H19N3O2S/c1-11(20)19-14-9-5-4-8-13(14)18-16(19)22-10-15(21)17-12-6-2-3-7-12/h4-5,8-9,12H,2-3,6-7,10H2,1H3,(H,17,21). The Morgan fingerprint density at radius 1 is 1.32 bits per heavy atom. The van der Waals surface area contributed by atoms with Crippen LogP contribution in [-0.4, -0.2) is 33.2 Å². The van der Waals surface area contributed by atoms with Gasteiger partial charge in [0.25, 0.3) is 0 Å². The zero-order valence-electron chi connectivity index (χ0n) is 12.5. The van der Waals surface area contributed by atoms with Crippen molar-refractivity contribution in [3.05, 3.63) is 24.3 Å². The van der Waals surface area contributed by atoms with E-state index in [0.29, 0.717) is 11.2 Å². The van der Waals surface area contributed by atoms with E-state index in [4.69, 9.17) is 0 Å². The molecule has 1 aliphatic rings. The van der Waals surface area contributed by atoms with E-state index in [0.717, 1.165) is 23.9 Å². The minimum atomic E-state index is -0.0904. The number of carbonyl (C=O) groups is 2. The molecule has 0 unspecified atom stereocenters. The van der Waals surface area contributed by atoms with E-state index in [1.807, 2.05) is 24.3 Å². The first kappa shape index (κ1) is 15.1. The molecular weight excluding hydrogens is 298 g/mol. The normalized spacial score (nSPS) is 15.3. The third-order valence-electron chi connectivity index (χ3n) is 3.90. The Hall–Kier alpha value is -1.82. The molecule has 1 amide bonds. The average molecular weight is 317 g/mol. The average Bonchev–Trinajstić information content (AvgIpc) is 3.11. The number of nitrogens with zero attached hydrogens (tertiary/aromatic N) is 2. The summed E-state index contributed by atoms with van der Waals surface area (Å²) < 4.78 is 1.57. The maximum absolute atomic E-state index is 12.0. The van der Waals surface area contributed by atoms with E-state index >= 15 is 0 Å². The molecule has 0 atom stereocenters. The molecule has 1 aliphatic carbocycles. The monoisotopic (exact) mass is 317 g/mol. The lowest BCUT2D eigenvalue weighted by Gasteiger charge is -2.11. The van der Waals surface area contributed by atoms with Crippen molar-refractivity contribution in [3.63, 3.8) is 0 Å². The Kier molecular flexibility index (Phi) is 4.47. The molecule has 1 aromatic heterocycles. The zero-order chi connectivity index (χ0) is 15.5. The predicted octanol–water partition coefficient (Wildman–Crippen LogP) is 2.85. The summed E-state index contributed by atoms with van der Waals surface area (Å²) in [4.78, 5) is 28.4. The summed E-state index contributed by atoms with van der Waals surface area (Å²) in [5, 5.41) is 3.63. The highest BCUT2D eigenvalue weighted by molar-refractivity contribution is 7.99. The largest absolute Gasteiger partial charge is 0.353 e. The Balaban J connectivity index is 1.71. The van der Waals surface area contributed by atoms with Gasteiger partial charge in [-0.05, 0) is 25.0 Å². The van der Waals surface area contributed by atoms with Crippen LogP contribution in [0.15, 0.2) is 29.4 Å². The van der Waals surface area contributed by atoms with Crippen molar-refractivity contribution in [1.82, 2.24) is 14.9 Å². The smallest absolute Gasteiger partial charge is 0.230 e. The fourth-order valence-electron chi connectivity index (χ4n) is 2.87. The molecule has 3 rings (SSSR count). The number of amides is 1. The number of hydrogen-bond donors (Lipinski definition) is 1. The topological polar surface area (TPSA) is 64.0 Å². The van der Waals surface area contributed by atoms with Gasteiger partial charge in [0.2, 0.25) is 11.8 Å². The molecule has 0 bridgehead atoms. The van der Waals surface area contributed by atoms with Gasteiger partial charge in [-0.15, -0.1) is 0 Å². The van der Waals surface area contributed by atoms with Crippen LogP contribution in [0.2, 0.25) is 0 Å². The van der Waals surface area contributed by atoms with Crippen LogP contribution in [0.5, 0.6) is 0 Å². The van der Waals surface area contributed by atoms with Crippen molar-refractivity contribution in [2.24, 2.45) is 0 Å². The first-order valence-electron chi connectivity index (χ1n) is 7.56. The quantitative estimate of drug-likeness (QED) is 0.881. The Morgan fingerprint density at radius 3 is 2.77 bits per heavy atom. The number of aromatic nitrogens is 2. The summed E-state index contributed by atoms with van der Waals surface area (Å²) >= 11 is 1.31. The van der Waals surface area contributed by atoms with Crippen LogP contribution >= 0.6 is 11.8 Å². The number of benzene rings is 1. The van der Waals surface area contributed by atoms with Crippen molar-refractivity contribution in [1.29, 1.82) is 0 Å². The number of thioether (sulfide) groups is 1. The lowest BCUT2D eigenvalue weighted by molar-refractivity contribution is -0.119. The Labute approximate surface area is 133 Å². The lowest BCUT2D eigenvalue weighted by atomic mass is 10.2. The minimum Gasteiger partial charge on any atom is -0.353 e. The van der Waals surface area contributed by atoms with Crippen molar-refractivity contribution >= 4 is 34.6 Å². The van der Waals surface area contributed by atoms with Crippen molar-refractivity contribution in [2.45, 2.75) is 43.8 Å². The van der Waals surface area contributed by atoms with Gasteiger partial charge in [0.05, 0.1) is 16.8 Å². The number of para-hydroxylation sites is 2. The number of hydrogen-bond acceptors (Lipinski definition) is 4. The summed E-state index contributed by atoms with van der Waals surface area (Å²) in [7, 11) is 0. The van der Waals surface area contributed by atoms with Gasteiger partial charge in [-0.3, -0.25) is 14.2 Å². The number of rotatable bonds is 4. The van der Waals surface area contributed by atoms with Crippen molar-refractivity contribution < 1.29 is 9.59 Å². The highest BCUT2D eigenvalue weighted by Crippen LogP contribution is 2.24. The van der Waals surface area contributed by atoms with Gasteiger partial charge in [0.15, 0.2) is 5.16 Å². The molecule has 0 aliphatic heterocycles. The number of fused-ring (bicyclic) bond motifs is 1. The van der Waals surface area contributed by atoms with Gasteiger partial charge < -0.3 is 5.32 Å². The molecular formula is C16H19N3O2S. The van der Waals surface area contributed by atoms with Crippen LogP contribution < -0.4 is 5.32 Å². The second-order valence-electron chi connectivity index (χ2n) is 5.58. The Morgan fingerprint density at radius 2 is 2.05 bits per heavy atom. The van der Waals surface area contributed by atoms with Crippen LogP contribution in [0.3, 0.4) is 0 Å². The third-order valence-corrected chi connectivity index (χ3v) is 4.84. The molecule has 1 aromatic carbocycles. The van der Waals surface area contributed by atoms with Gasteiger partial charge in [-0.2, -0.15) is 0 Å². The van der Waals surface area contributed by atoms with E-state index in [2.05, 4.69) is 10.3 Å². The maximum Gasteiger partial charge on any atom is 0.230 e. The van der Waals surface area contributed by atoms with Gasteiger partial charge in [0.1, 0.15) is 0 Å². The van der Waals surface area contributed by atoms with E-state index in [1.165, 1.54) is 31.5 Å². The van der Waals surface area contributed by atoms with E-state index in [1.54, 1.807) is 4.57 Å². The molecule has 22 heavy (non-hydrogen) atoms. The molecule has 1 fully saturated rings. The second kappa shape index (κ2) is 6.52. The first-order valence-corrected chi connectivity index (χ1v) is 8.54. The lowest BCUT2D eigenvalue weighted by Crippen LogP contribution is -2.33. The van der Waals surface area contributed by atoms with Crippen LogP contribution in [0, 0.1) is 0 Å². The van der Waals surface area contributed by atoms with Gasteiger partial charge in [0, 0.05) is 13.0 Å². The van der Waals surface area contributed by atoms with Crippen LogP contribution in [0.4, 0.5) is 0 Å². The summed E-state index contributed by atoms with van der Waals surface area (Å²) in [5.74, 6) is 0.207. The summed E-state index contributed by atoms with van der Waals surface area (Å²) in [6, 6.07) is 7.83. The molecule has 0 radical (unpaired) electrons. The molecule has 6 heteroatoms. The maximum atomic E-state index is 12.0. The van der Waals surface area contributed by atoms with E-state index < -0.39 is 0 Å². The fraction of sp³-hybridized carbons (Fsp3) is 0.438. The highest BCUT2D eigenvalue weighted by atomic mass is 32.2. The SMILES string of the molecule is CC(=O)n1c(SCC(=O)NC2CCCC2)nc2ccccc21. The molecule has 116 valence electrons. The molecule has 5 nitrogen and oxygen atoms in total. The number of nitrogens with one attached hydrogen (secondary N) is 1. The van der Waals surface area contributed by atoms with E-state index in [-0.39, 0.29) is 17.6 Å². The first-order chi connectivity index (χ1) is 10.6. The zero-order valence-corrected chi connectivity index (χ0v) is 13.4. The van der Waals surface area contributed by atoms with Crippen LogP contribution in [0.1, 0.15) is 37.4 Å². The number of imidazole rings is 1. The molecule has 1 N–H and O–H groups in total. The van der Waals surface area contributed by atoms with Gasteiger partial charge in [-0.1, -0.05) is 36.7 Å². The van der Waals surface area contributed by atoms with Crippen molar-refractivity contribution in [2.75, 3.05) is 5.75 Å². The van der Waals surface area contributed by atoms with Crippen molar-refractivity contribution in [3.8, 4) is 0 Å². The molecule has 1 saturated carbocycles. The highest BCUT2D eigenvalue weighted by Gasteiger charge is 2.19. The minimum absolute atomic E-state index is 0.0130. The third kappa shape index (κ3) is 3.16. The summed E-state index contributed by atoms with van der Waals surface area (Å²) in [6.45, 7) is 1.51. The van der Waals surface area contributed by atoms with Gasteiger partial charge in [-0.25, -0.2) is 4.98 Å². The second-order valence-corrected chi connectivity index (χ2v) is 6.52. The molecule has 1 heterocycles. The molecule has 2 aromatic rings. The van der Waals surface area contributed by atoms with Gasteiger partial charge >= 0.3 is 0 Å². The summed E-state index contributed by atoms with van der Waals surface area (Å²) in [6.07, 6.45) is 4.53. The predicted molar refractivity (Wildman–Crippen MR) is 87.2 cm³/mol. The molecule has 0 spiro atoms. The van der Waals surface area contributed by atoms with Crippen LogP contribution in [0.25, 0.3) is 11.0 Å². The van der Waals surface area contributed by atoms with E-state index in [9.17, 15) is 9.59 Å².